The minimum Gasteiger partial charge on any atom is -0.339 e. The first-order valence-corrected chi connectivity index (χ1v) is 9.60. The van der Waals surface area contributed by atoms with Gasteiger partial charge in [-0.15, -0.1) is 0 Å². The number of carbonyl (C=O) groups is 2. The maximum atomic E-state index is 13.5. The number of benzene rings is 3. The van der Waals surface area contributed by atoms with E-state index in [-0.39, 0.29) is 11.8 Å². The lowest BCUT2D eigenvalue weighted by molar-refractivity contribution is -0.120. The van der Waals surface area contributed by atoms with Crippen molar-refractivity contribution in [1.29, 1.82) is 0 Å². The zero-order valence-electron chi connectivity index (χ0n) is 16.1. The van der Waals surface area contributed by atoms with Crippen LogP contribution in [0.3, 0.4) is 0 Å². The number of para-hydroxylation sites is 1. The molecule has 0 radical (unpaired) electrons. The maximum absolute atomic E-state index is 13.5. The summed E-state index contributed by atoms with van der Waals surface area (Å²) in [6, 6.07) is 24.0. The van der Waals surface area contributed by atoms with Crippen molar-refractivity contribution < 1.29 is 9.59 Å². The molecule has 0 saturated carbocycles. The third kappa shape index (κ3) is 3.32. The van der Waals surface area contributed by atoms with Gasteiger partial charge in [-0.3, -0.25) is 9.59 Å². The Morgan fingerprint density at radius 2 is 1.45 bits per heavy atom. The molecule has 0 N–H and O–H groups in total. The number of halogens is 1. The van der Waals surface area contributed by atoms with E-state index in [1.165, 1.54) is 4.90 Å². The number of aryl methyl sites for hydroxylation is 1. The van der Waals surface area contributed by atoms with E-state index in [0.29, 0.717) is 27.5 Å². The van der Waals surface area contributed by atoms with Crippen molar-refractivity contribution in [3.05, 3.63) is 101 Å². The van der Waals surface area contributed by atoms with Gasteiger partial charge in [0.15, 0.2) is 0 Å². The summed E-state index contributed by atoms with van der Waals surface area (Å²) in [4.78, 5) is 30.0. The molecule has 0 fully saturated rings. The zero-order chi connectivity index (χ0) is 20.5. The van der Waals surface area contributed by atoms with Crippen LogP contribution >= 0.6 is 11.6 Å². The highest BCUT2D eigenvalue weighted by Crippen LogP contribution is 2.37. The van der Waals surface area contributed by atoms with E-state index < -0.39 is 0 Å². The van der Waals surface area contributed by atoms with Gasteiger partial charge in [0, 0.05) is 17.8 Å². The van der Waals surface area contributed by atoms with Crippen molar-refractivity contribution in [2.24, 2.45) is 0 Å². The summed E-state index contributed by atoms with van der Waals surface area (Å²) in [5.41, 5.74) is 3.53. The minimum atomic E-state index is -0.370. The summed E-state index contributed by atoms with van der Waals surface area (Å²) in [7, 11) is 1.80. The average molecular weight is 403 g/mol. The first-order valence-electron chi connectivity index (χ1n) is 9.22. The van der Waals surface area contributed by atoms with Gasteiger partial charge in [0.2, 0.25) is 0 Å². The monoisotopic (exact) mass is 402 g/mol. The molecule has 4 rings (SSSR count). The normalized spacial score (nSPS) is 14.0. The Kier molecular flexibility index (Phi) is 4.95. The molecule has 3 aromatic carbocycles. The number of hydrogen-bond donors (Lipinski definition) is 0. The summed E-state index contributed by atoms with van der Waals surface area (Å²) in [5, 5.41) is 0.470. The molecular weight excluding hydrogens is 384 g/mol. The molecule has 1 aliphatic rings. The van der Waals surface area contributed by atoms with Crippen LogP contribution in [-0.2, 0) is 9.59 Å². The highest BCUT2D eigenvalue weighted by Gasteiger charge is 2.42. The third-order valence-electron chi connectivity index (χ3n) is 5.01. The Balaban J connectivity index is 1.90. The lowest BCUT2D eigenvalue weighted by atomic mass is 10.0. The topological polar surface area (TPSA) is 40.6 Å². The lowest BCUT2D eigenvalue weighted by Crippen LogP contribution is -2.34. The van der Waals surface area contributed by atoms with Crippen LogP contribution in [0.5, 0.6) is 0 Å². The molecule has 0 saturated heterocycles. The van der Waals surface area contributed by atoms with Gasteiger partial charge in [-0.25, -0.2) is 4.90 Å². The molecule has 0 unspecified atom stereocenters. The fraction of sp³-hybridized carbons (Fsp3) is 0.0833. The summed E-state index contributed by atoms with van der Waals surface area (Å²) in [5.74, 6) is -0.727. The molecule has 0 aliphatic carbocycles. The van der Waals surface area contributed by atoms with E-state index in [4.69, 9.17) is 11.6 Å². The molecule has 5 heteroatoms. The van der Waals surface area contributed by atoms with Gasteiger partial charge >= 0.3 is 0 Å². The van der Waals surface area contributed by atoms with Crippen molar-refractivity contribution >= 4 is 40.4 Å². The molecule has 1 heterocycles. The second-order valence-electron chi connectivity index (χ2n) is 6.86. The van der Waals surface area contributed by atoms with E-state index >= 15 is 0 Å². The average Bonchev–Trinajstić information content (AvgIpc) is 3.00. The number of nitrogens with zero attached hydrogens (tertiary/aromatic N) is 2. The van der Waals surface area contributed by atoms with Gasteiger partial charge < -0.3 is 4.90 Å². The molecule has 0 aromatic heterocycles. The smallest absolute Gasteiger partial charge is 0.282 e. The van der Waals surface area contributed by atoms with Gasteiger partial charge in [0.1, 0.15) is 5.70 Å². The predicted octanol–water partition coefficient (Wildman–Crippen LogP) is 5.07. The Labute approximate surface area is 174 Å². The van der Waals surface area contributed by atoms with Gasteiger partial charge in [-0.1, -0.05) is 66.2 Å². The van der Waals surface area contributed by atoms with Crippen LogP contribution < -0.4 is 9.80 Å². The first kappa shape index (κ1) is 19.0. The van der Waals surface area contributed by atoms with E-state index in [1.54, 1.807) is 30.1 Å². The number of amides is 2. The molecule has 3 aromatic rings. The summed E-state index contributed by atoms with van der Waals surface area (Å²) < 4.78 is 0. The summed E-state index contributed by atoms with van der Waals surface area (Å²) in [6.45, 7) is 1.85. The van der Waals surface area contributed by atoms with Crippen LogP contribution in [0.1, 0.15) is 11.1 Å². The number of imide groups is 1. The van der Waals surface area contributed by atoms with Gasteiger partial charge in [0.25, 0.3) is 11.8 Å². The SMILES string of the molecule is Cc1ccc(Cl)cc1N1C(=O)C(c2ccccc2)=C(N(C)c2ccccc2)C1=O. The molecule has 29 heavy (non-hydrogen) atoms. The second kappa shape index (κ2) is 7.57. The van der Waals surface area contributed by atoms with E-state index in [0.717, 1.165) is 11.3 Å². The van der Waals surface area contributed by atoms with Crippen LogP contribution in [-0.4, -0.2) is 18.9 Å². The Bertz CT molecular complexity index is 1120. The first-order chi connectivity index (χ1) is 14.0. The van der Waals surface area contributed by atoms with Gasteiger partial charge in [-0.2, -0.15) is 0 Å². The highest BCUT2D eigenvalue weighted by molar-refractivity contribution is 6.46. The van der Waals surface area contributed by atoms with Crippen LogP contribution in [0.15, 0.2) is 84.6 Å². The van der Waals surface area contributed by atoms with Crippen LogP contribution in [0, 0.1) is 6.92 Å². The minimum absolute atomic E-state index is 0.340. The van der Waals surface area contributed by atoms with Crippen molar-refractivity contribution in [1.82, 2.24) is 0 Å². The molecule has 4 nitrogen and oxygen atoms in total. The maximum Gasteiger partial charge on any atom is 0.282 e. The molecule has 2 amide bonds. The fourth-order valence-corrected chi connectivity index (χ4v) is 3.68. The van der Waals surface area contributed by atoms with Gasteiger partial charge in [-0.05, 0) is 42.3 Å². The standard InChI is InChI=1S/C24H19ClN2O2/c1-16-13-14-18(25)15-20(16)27-23(28)21(17-9-5-3-6-10-17)22(24(27)29)26(2)19-11-7-4-8-12-19/h3-15H,1-2H3. The molecule has 0 spiro atoms. The summed E-state index contributed by atoms with van der Waals surface area (Å²) in [6.07, 6.45) is 0. The predicted molar refractivity (Wildman–Crippen MR) is 117 cm³/mol. The number of rotatable bonds is 4. The van der Waals surface area contributed by atoms with E-state index in [1.807, 2.05) is 67.6 Å². The van der Waals surface area contributed by atoms with Crippen LogP contribution in [0.4, 0.5) is 11.4 Å². The van der Waals surface area contributed by atoms with Crippen molar-refractivity contribution in [2.45, 2.75) is 6.92 Å². The quantitative estimate of drug-likeness (QED) is 0.572. The Morgan fingerprint density at radius 3 is 2.10 bits per heavy atom. The van der Waals surface area contributed by atoms with Gasteiger partial charge in [0.05, 0.1) is 11.3 Å². The van der Waals surface area contributed by atoms with E-state index in [2.05, 4.69) is 0 Å². The lowest BCUT2D eigenvalue weighted by Gasteiger charge is -2.22. The zero-order valence-corrected chi connectivity index (χ0v) is 16.9. The highest BCUT2D eigenvalue weighted by atomic mass is 35.5. The van der Waals surface area contributed by atoms with Crippen LogP contribution in [0.25, 0.3) is 5.57 Å². The Hall–Kier alpha value is -3.37. The third-order valence-corrected chi connectivity index (χ3v) is 5.25. The molecular formula is C24H19ClN2O2. The second-order valence-corrected chi connectivity index (χ2v) is 7.30. The number of likely N-dealkylation sites (N-methyl/N-ethyl adjacent to an activating group) is 1. The van der Waals surface area contributed by atoms with Crippen molar-refractivity contribution in [2.75, 3.05) is 16.8 Å². The Morgan fingerprint density at radius 1 is 0.828 bits per heavy atom. The number of hydrogen-bond acceptors (Lipinski definition) is 3. The molecule has 0 atom stereocenters. The van der Waals surface area contributed by atoms with Crippen molar-refractivity contribution in [3.63, 3.8) is 0 Å². The largest absolute Gasteiger partial charge is 0.339 e. The molecule has 1 aliphatic heterocycles. The van der Waals surface area contributed by atoms with E-state index in [9.17, 15) is 9.59 Å². The molecule has 0 bridgehead atoms. The van der Waals surface area contributed by atoms with Crippen LogP contribution in [0.2, 0.25) is 5.02 Å². The van der Waals surface area contributed by atoms with Crippen molar-refractivity contribution in [3.8, 4) is 0 Å². The fourth-order valence-electron chi connectivity index (χ4n) is 3.52. The number of carbonyl (C=O) groups excluding carboxylic acids is 2. The molecule has 144 valence electrons. The summed E-state index contributed by atoms with van der Waals surface area (Å²) >= 11 is 6.17. The number of anilines is 2.